The topological polar surface area (TPSA) is 95.1 Å². The molecule has 0 aliphatic heterocycles. The van der Waals surface area contributed by atoms with Crippen molar-refractivity contribution in [3.63, 3.8) is 0 Å². The van der Waals surface area contributed by atoms with Gasteiger partial charge in [0.2, 0.25) is 0 Å². The van der Waals surface area contributed by atoms with Gasteiger partial charge in [-0.25, -0.2) is 4.79 Å². The largest absolute Gasteiger partial charge is 0.478 e. The Morgan fingerprint density at radius 3 is 2.53 bits per heavy atom. The SMILES string of the molecule is Cc1c(/C=C(/C#N)C(=O)Nc2cccc(C(=O)O)c2)c2ccccc2n1Cc1ccc(Br)cc1. The molecule has 7 heteroatoms. The van der Waals surface area contributed by atoms with E-state index in [2.05, 4.69) is 25.8 Å². The summed E-state index contributed by atoms with van der Waals surface area (Å²) in [7, 11) is 0. The molecule has 0 unspecified atom stereocenters. The molecule has 34 heavy (non-hydrogen) atoms. The number of nitrogens with zero attached hydrogens (tertiary/aromatic N) is 2. The van der Waals surface area contributed by atoms with Gasteiger partial charge in [0.05, 0.1) is 5.56 Å². The highest BCUT2D eigenvalue weighted by molar-refractivity contribution is 9.10. The van der Waals surface area contributed by atoms with E-state index in [0.717, 1.165) is 32.2 Å². The zero-order chi connectivity index (χ0) is 24.2. The molecule has 0 spiro atoms. The van der Waals surface area contributed by atoms with Gasteiger partial charge in [-0.05, 0) is 55.0 Å². The third-order valence-electron chi connectivity index (χ3n) is 5.55. The van der Waals surface area contributed by atoms with Gasteiger partial charge in [0.25, 0.3) is 5.91 Å². The monoisotopic (exact) mass is 513 g/mol. The molecule has 4 aromatic rings. The van der Waals surface area contributed by atoms with Gasteiger partial charge in [0.15, 0.2) is 0 Å². The number of fused-ring (bicyclic) bond motifs is 1. The first-order chi connectivity index (χ1) is 16.4. The van der Waals surface area contributed by atoms with Crippen LogP contribution >= 0.6 is 15.9 Å². The molecule has 0 saturated carbocycles. The number of hydrogen-bond donors (Lipinski definition) is 2. The van der Waals surface area contributed by atoms with E-state index in [4.69, 9.17) is 5.11 Å². The van der Waals surface area contributed by atoms with Crippen LogP contribution in [0.3, 0.4) is 0 Å². The Hall–Kier alpha value is -4.15. The summed E-state index contributed by atoms with van der Waals surface area (Å²) >= 11 is 3.46. The molecule has 2 N–H and O–H groups in total. The standard InChI is InChI=1S/C27H20BrN3O3/c1-17-24(14-20(15-29)26(32)30-22-6-4-5-19(13-22)27(33)34)23-7-2-3-8-25(23)31(17)16-18-9-11-21(28)12-10-18/h2-14H,16H2,1H3,(H,30,32)(H,33,34)/b20-14-. The molecular weight excluding hydrogens is 494 g/mol. The molecule has 0 fully saturated rings. The van der Waals surface area contributed by atoms with Gasteiger partial charge in [-0.3, -0.25) is 4.79 Å². The van der Waals surface area contributed by atoms with Crippen molar-refractivity contribution in [2.45, 2.75) is 13.5 Å². The van der Waals surface area contributed by atoms with Crippen LogP contribution in [0, 0.1) is 18.3 Å². The van der Waals surface area contributed by atoms with Crippen molar-refractivity contribution in [1.29, 1.82) is 5.26 Å². The van der Waals surface area contributed by atoms with Crippen LogP contribution in [0.5, 0.6) is 0 Å². The second-order valence-electron chi connectivity index (χ2n) is 7.74. The lowest BCUT2D eigenvalue weighted by molar-refractivity contribution is -0.112. The van der Waals surface area contributed by atoms with Gasteiger partial charge >= 0.3 is 5.97 Å². The average molecular weight is 514 g/mol. The number of benzene rings is 3. The van der Waals surface area contributed by atoms with Crippen molar-refractivity contribution in [3.8, 4) is 6.07 Å². The second kappa shape index (κ2) is 9.77. The smallest absolute Gasteiger partial charge is 0.335 e. The summed E-state index contributed by atoms with van der Waals surface area (Å²) in [6, 6.07) is 23.8. The van der Waals surface area contributed by atoms with E-state index in [1.165, 1.54) is 18.2 Å². The third-order valence-corrected chi connectivity index (χ3v) is 6.08. The third kappa shape index (κ3) is 4.77. The molecule has 0 aliphatic rings. The highest BCUT2D eigenvalue weighted by Gasteiger charge is 2.17. The van der Waals surface area contributed by atoms with Crippen molar-refractivity contribution >= 4 is 50.5 Å². The van der Waals surface area contributed by atoms with Gasteiger partial charge in [-0.1, -0.05) is 52.3 Å². The van der Waals surface area contributed by atoms with Crippen LogP contribution in [-0.4, -0.2) is 21.6 Å². The number of carbonyl (C=O) groups is 2. The Labute approximate surface area is 204 Å². The predicted octanol–water partition coefficient (Wildman–Crippen LogP) is 6.00. The van der Waals surface area contributed by atoms with Crippen LogP contribution in [-0.2, 0) is 11.3 Å². The maximum Gasteiger partial charge on any atom is 0.335 e. The van der Waals surface area contributed by atoms with Crippen molar-refractivity contribution in [2.75, 3.05) is 5.32 Å². The first-order valence-electron chi connectivity index (χ1n) is 10.5. The molecule has 0 radical (unpaired) electrons. The number of aromatic carboxylic acids is 1. The molecular formula is C27H20BrN3O3. The Balaban J connectivity index is 1.71. The predicted molar refractivity (Wildman–Crippen MR) is 136 cm³/mol. The zero-order valence-electron chi connectivity index (χ0n) is 18.2. The summed E-state index contributed by atoms with van der Waals surface area (Å²) in [6.45, 7) is 2.61. The minimum atomic E-state index is -1.10. The fraction of sp³-hybridized carbons (Fsp3) is 0.0741. The van der Waals surface area contributed by atoms with Crippen LogP contribution in [0.2, 0.25) is 0 Å². The number of nitrogens with one attached hydrogen (secondary N) is 1. The molecule has 1 heterocycles. The first kappa shape index (κ1) is 23.0. The molecule has 1 amide bonds. The number of rotatable bonds is 6. The van der Waals surface area contributed by atoms with Crippen LogP contribution in [0.15, 0.2) is 82.8 Å². The molecule has 0 aliphatic carbocycles. The fourth-order valence-corrected chi connectivity index (χ4v) is 4.10. The number of anilines is 1. The number of aromatic nitrogens is 1. The number of carboxylic acids is 1. The van der Waals surface area contributed by atoms with Gasteiger partial charge in [-0.2, -0.15) is 5.26 Å². The van der Waals surface area contributed by atoms with Gasteiger partial charge in [0, 0.05) is 38.9 Å². The van der Waals surface area contributed by atoms with Gasteiger partial charge < -0.3 is 15.0 Å². The van der Waals surface area contributed by atoms with E-state index >= 15 is 0 Å². The zero-order valence-corrected chi connectivity index (χ0v) is 19.8. The molecule has 0 bridgehead atoms. The summed E-state index contributed by atoms with van der Waals surface area (Å²) in [5, 5.41) is 22.4. The quantitative estimate of drug-likeness (QED) is 0.244. The number of carboxylic acid groups (broad SMARTS) is 1. The first-order valence-corrected chi connectivity index (χ1v) is 11.3. The molecule has 1 aromatic heterocycles. The fourth-order valence-electron chi connectivity index (χ4n) is 3.84. The average Bonchev–Trinajstić information content (AvgIpc) is 3.09. The van der Waals surface area contributed by atoms with Crippen LogP contribution < -0.4 is 5.32 Å². The Morgan fingerprint density at radius 2 is 1.82 bits per heavy atom. The summed E-state index contributed by atoms with van der Waals surface area (Å²) in [5.41, 5.74) is 4.12. The summed E-state index contributed by atoms with van der Waals surface area (Å²) in [6.07, 6.45) is 1.59. The Kier molecular flexibility index (Phi) is 6.62. The minimum absolute atomic E-state index is 0.0483. The van der Waals surface area contributed by atoms with E-state index in [1.54, 1.807) is 12.1 Å². The van der Waals surface area contributed by atoms with Crippen molar-refractivity contribution in [1.82, 2.24) is 4.57 Å². The van der Waals surface area contributed by atoms with Crippen molar-refractivity contribution < 1.29 is 14.7 Å². The lowest BCUT2D eigenvalue weighted by Gasteiger charge is -2.09. The second-order valence-corrected chi connectivity index (χ2v) is 8.65. The van der Waals surface area contributed by atoms with Crippen molar-refractivity contribution in [2.24, 2.45) is 0 Å². The van der Waals surface area contributed by atoms with E-state index in [-0.39, 0.29) is 11.1 Å². The number of hydrogen-bond acceptors (Lipinski definition) is 3. The molecule has 0 saturated heterocycles. The summed E-state index contributed by atoms with van der Waals surface area (Å²) in [4.78, 5) is 24.0. The Bertz CT molecular complexity index is 1480. The van der Waals surface area contributed by atoms with E-state index in [0.29, 0.717) is 12.2 Å². The molecule has 4 rings (SSSR count). The molecule has 0 atom stereocenters. The number of nitriles is 1. The van der Waals surface area contributed by atoms with Crippen LogP contribution in [0.1, 0.15) is 27.2 Å². The lowest BCUT2D eigenvalue weighted by atomic mass is 10.1. The Morgan fingerprint density at radius 1 is 1.09 bits per heavy atom. The summed E-state index contributed by atoms with van der Waals surface area (Å²) < 4.78 is 3.17. The maximum atomic E-state index is 12.8. The van der Waals surface area contributed by atoms with Gasteiger partial charge in [-0.15, -0.1) is 0 Å². The van der Waals surface area contributed by atoms with Crippen LogP contribution in [0.4, 0.5) is 5.69 Å². The van der Waals surface area contributed by atoms with E-state index < -0.39 is 11.9 Å². The van der Waals surface area contributed by atoms with E-state index in [9.17, 15) is 14.9 Å². The highest BCUT2D eigenvalue weighted by Crippen LogP contribution is 2.29. The molecule has 6 nitrogen and oxygen atoms in total. The lowest BCUT2D eigenvalue weighted by Crippen LogP contribution is -2.14. The minimum Gasteiger partial charge on any atom is -0.478 e. The molecule has 168 valence electrons. The number of carbonyl (C=O) groups excluding carboxylic acids is 1. The number of para-hydroxylation sites is 1. The van der Waals surface area contributed by atoms with Crippen molar-refractivity contribution in [3.05, 3.63) is 105 Å². The maximum absolute atomic E-state index is 12.8. The normalized spacial score (nSPS) is 11.3. The highest BCUT2D eigenvalue weighted by atomic mass is 79.9. The van der Waals surface area contributed by atoms with Crippen LogP contribution in [0.25, 0.3) is 17.0 Å². The molecule has 3 aromatic carbocycles. The summed E-state index contributed by atoms with van der Waals surface area (Å²) in [5.74, 6) is -1.70. The van der Waals surface area contributed by atoms with E-state index in [1.807, 2.05) is 61.5 Å². The van der Waals surface area contributed by atoms with Gasteiger partial charge in [0.1, 0.15) is 11.6 Å². The number of halogens is 1. The number of amides is 1.